The van der Waals surface area contributed by atoms with Gasteiger partial charge in [0.05, 0.1) is 24.3 Å². The Morgan fingerprint density at radius 1 is 1.33 bits per heavy atom. The standard InChI is InChI=1S/C13H18N4O/c1-4-14-10(2)13-6-5-11(7-15-13)18-12-8-16-17(3)9-12/h5-10,14H,4H2,1-3H3. The summed E-state index contributed by atoms with van der Waals surface area (Å²) in [5.41, 5.74) is 1.01. The number of ether oxygens (including phenoxy) is 1. The highest BCUT2D eigenvalue weighted by atomic mass is 16.5. The zero-order chi connectivity index (χ0) is 13.0. The first-order chi connectivity index (χ1) is 8.69. The Hall–Kier alpha value is -1.88. The second-order valence-corrected chi connectivity index (χ2v) is 4.15. The molecule has 0 bridgehead atoms. The second kappa shape index (κ2) is 5.64. The first kappa shape index (κ1) is 12.6. The van der Waals surface area contributed by atoms with E-state index in [0.717, 1.165) is 18.0 Å². The van der Waals surface area contributed by atoms with Gasteiger partial charge >= 0.3 is 0 Å². The van der Waals surface area contributed by atoms with Gasteiger partial charge in [-0.3, -0.25) is 9.67 Å². The highest BCUT2D eigenvalue weighted by Gasteiger charge is 2.06. The zero-order valence-corrected chi connectivity index (χ0v) is 10.9. The molecule has 2 rings (SSSR count). The second-order valence-electron chi connectivity index (χ2n) is 4.15. The van der Waals surface area contributed by atoms with Gasteiger partial charge in [0.2, 0.25) is 0 Å². The minimum Gasteiger partial charge on any atom is -0.452 e. The maximum absolute atomic E-state index is 5.63. The van der Waals surface area contributed by atoms with E-state index in [4.69, 9.17) is 4.74 Å². The minimum atomic E-state index is 0.252. The predicted molar refractivity (Wildman–Crippen MR) is 69.6 cm³/mol. The molecule has 0 saturated carbocycles. The van der Waals surface area contributed by atoms with Crippen LogP contribution >= 0.6 is 0 Å². The molecule has 0 aromatic carbocycles. The van der Waals surface area contributed by atoms with Crippen molar-refractivity contribution in [2.75, 3.05) is 6.54 Å². The molecule has 2 aromatic rings. The fourth-order valence-electron chi connectivity index (χ4n) is 1.71. The lowest BCUT2D eigenvalue weighted by molar-refractivity contribution is 0.477. The molecular weight excluding hydrogens is 228 g/mol. The van der Waals surface area contributed by atoms with Crippen molar-refractivity contribution in [3.63, 3.8) is 0 Å². The Balaban J connectivity index is 2.03. The molecule has 96 valence electrons. The largest absolute Gasteiger partial charge is 0.452 e. The van der Waals surface area contributed by atoms with Gasteiger partial charge in [-0.05, 0) is 25.6 Å². The molecule has 2 aromatic heterocycles. The van der Waals surface area contributed by atoms with Crippen LogP contribution < -0.4 is 10.1 Å². The first-order valence-electron chi connectivity index (χ1n) is 6.05. The SMILES string of the molecule is CCNC(C)c1ccc(Oc2cnn(C)c2)cn1. The molecule has 0 radical (unpaired) electrons. The van der Waals surface area contributed by atoms with Crippen LogP contribution in [0.5, 0.6) is 11.5 Å². The van der Waals surface area contributed by atoms with Crippen LogP contribution in [0, 0.1) is 0 Å². The topological polar surface area (TPSA) is 52.0 Å². The molecule has 0 amide bonds. The van der Waals surface area contributed by atoms with Crippen LogP contribution in [-0.4, -0.2) is 21.3 Å². The third-order valence-corrected chi connectivity index (χ3v) is 2.63. The molecule has 0 fully saturated rings. The molecule has 1 N–H and O–H groups in total. The van der Waals surface area contributed by atoms with Gasteiger partial charge in [0, 0.05) is 13.1 Å². The van der Waals surface area contributed by atoms with Crippen molar-refractivity contribution in [3.05, 3.63) is 36.4 Å². The first-order valence-corrected chi connectivity index (χ1v) is 6.05. The van der Waals surface area contributed by atoms with Crippen LogP contribution in [0.15, 0.2) is 30.7 Å². The fourth-order valence-corrected chi connectivity index (χ4v) is 1.71. The summed E-state index contributed by atoms with van der Waals surface area (Å²) in [6, 6.07) is 4.14. The summed E-state index contributed by atoms with van der Waals surface area (Å²) >= 11 is 0. The lowest BCUT2D eigenvalue weighted by Crippen LogP contribution is -2.18. The summed E-state index contributed by atoms with van der Waals surface area (Å²) in [5.74, 6) is 1.43. The quantitative estimate of drug-likeness (QED) is 0.879. The van der Waals surface area contributed by atoms with E-state index in [1.807, 2.05) is 25.4 Å². The van der Waals surface area contributed by atoms with Crippen LogP contribution in [0.3, 0.4) is 0 Å². The Morgan fingerprint density at radius 3 is 2.72 bits per heavy atom. The number of aromatic nitrogens is 3. The van der Waals surface area contributed by atoms with Crippen LogP contribution in [0.4, 0.5) is 0 Å². The van der Waals surface area contributed by atoms with Gasteiger partial charge in [0.25, 0.3) is 0 Å². The molecular formula is C13H18N4O. The monoisotopic (exact) mass is 246 g/mol. The maximum atomic E-state index is 5.63. The number of nitrogens with one attached hydrogen (secondary N) is 1. The normalized spacial score (nSPS) is 12.4. The molecule has 1 atom stereocenters. The average molecular weight is 246 g/mol. The maximum Gasteiger partial charge on any atom is 0.165 e. The number of aryl methyl sites for hydroxylation is 1. The zero-order valence-electron chi connectivity index (χ0n) is 10.9. The number of hydrogen-bond donors (Lipinski definition) is 1. The van der Waals surface area contributed by atoms with Crippen molar-refractivity contribution in [3.8, 4) is 11.5 Å². The van der Waals surface area contributed by atoms with E-state index in [1.54, 1.807) is 17.1 Å². The number of hydrogen-bond acceptors (Lipinski definition) is 4. The molecule has 0 aliphatic carbocycles. The number of pyridine rings is 1. The van der Waals surface area contributed by atoms with Gasteiger partial charge in [-0.15, -0.1) is 0 Å². The van der Waals surface area contributed by atoms with Crippen molar-refractivity contribution >= 4 is 0 Å². The molecule has 0 aliphatic heterocycles. The number of nitrogens with zero attached hydrogens (tertiary/aromatic N) is 3. The third kappa shape index (κ3) is 3.07. The van der Waals surface area contributed by atoms with E-state index < -0.39 is 0 Å². The fraction of sp³-hybridized carbons (Fsp3) is 0.385. The summed E-state index contributed by atoms with van der Waals surface area (Å²) in [4.78, 5) is 4.39. The van der Waals surface area contributed by atoms with Crippen molar-refractivity contribution < 1.29 is 4.74 Å². The van der Waals surface area contributed by atoms with Crippen molar-refractivity contribution in [1.29, 1.82) is 0 Å². The Morgan fingerprint density at radius 2 is 2.17 bits per heavy atom. The highest BCUT2D eigenvalue weighted by Crippen LogP contribution is 2.20. The van der Waals surface area contributed by atoms with Crippen molar-refractivity contribution in [2.24, 2.45) is 7.05 Å². The van der Waals surface area contributed by atoms with Crippen molar-refractivity contribution in [2.45, 2.75) is 19.9 Å². The molecule has 1 unspecified atom stereocenters. The Kier molecular flexibility index (Phi) is 3.94. The van der Waals surface area contributed by atoms with Crippen LogP contribution in [0.1, 0.15) is 25.6 Å². The Labute approximate surface area is 107 Å². The van der Waals surface area contributed by atoms with Gasteiger partial charge in [-0.1, -0.05) is 6.92 Å². The van der Waals surface area contributed by atoms with E-state index in [9.17, 15) is 0 Å². The van der Waals surface area contributed by atoms with E-state index in [1.165, 1.54) is 0 Å². The summed E-state index contributed by atoms with van der Waals surface area (Å²) in [6.07, 6.45) is 5.22. The van der Waals surface area contributed by atoms with E-state index in [0.29, 0.717) is 5.75 Å². The van der Waals surface area contributed by atoms with Crippen LogP contribution in [-0.2, 0) is 7.05 Å². The van der Waals surface area contributed by atoms with E-state index >= 15 is 0 Å². The van der Waals surface area contributed by atoms with Crippen LogP contribution in [0.2, 0.25) is 0 Å². The minimum absolute atomic E-state index is 0.252. The van der Waals surface area contributed by atoms with Gasteiger partial charge in [-0.25, -0.2) is 0 Å². The summed E-state index contributed by atoms with van der Waals surface area (Å²) in [5, 5.41) is 7.36. The van der Waals surface area contributed by atoms with Gasteiger partial charge in [-0.2, -0.15) is 5.10 Å². The van der Waals surface area contributed by atoms with Gasteiger partial charge in [0.1, 0.15) is 5.75 Å². The molecule has 5 nitrogen and oxygen atoms in total. The van der Waals surface area contributed by atoms with E-state index in [-0.39, 0.29) is 6.04 Å². The molecule has 0 spiro atoms. The predicted octanol–water partition coefficient (Wildman–Crippen LogP) is 2.28. The third-order valence-electron chi connectivity index (χ3n) is 2.63. The lowest BCUT2D eigenvalue weighted by Gasteiger charge is -2.11. The van der Waals surface area contributed by atoms with Gasteiger partial charge < -0.3 is 10.1 Å². The highest BCUT2D eigenvalue weighted by molar-refractivity contribution is 5.27. The summed E-state index contributed by atoms with van der Waals surface area (Å²) in [7, 11) is 1.85. The molecule has 5 heteroatoms. The van der Waals surface area contributed by atoms with Crippen LogP contribution in [0.25, 0.3) is 0 Å². The smallest absolute Gasteiger partial charge is 0.165 e. The number of rotatable bonds is 5. The average Bonchev–Trinajstić information content (AvgIpc) is 2.76. The molecule has 0 aliphatic rings. The summed E-state index contributed by atoms with van der Waals surface area (Å²) in [6.45, 7) is 5.10. The summed E-state index contributed by atoms with van der Waals surface area (Å²) < 4.78 is 7.33. The van der Waals surface area contributed by atoms with Crippen molar-refractivity contribution in [1.82, 2.24) is 20.1 Å². The molecule has 2 heterocycles. The molecule has 0 saturated heterocycles. The van der Waals surface area contributed by atoms with Gasteiger partial charge in [0.15, 0.2) is 5.75 Å². The Bertz CT molecular complexity index is 492. The molecule has 18 heavy (non-hydrogen) atoms. The lowest BCUT2D eigenvalue weighted by atomic mass is 10.2. The van der Waals surface area contributed by atoms with E-state index in [2.05, 4.69) is 29.2 Å².